The maximum atomic E-state index is 6.07. The molecule has 2 heterocycles. The van der Waals surface area contributed by atoms with E-state index in [2.05, 4.69) is 15.0 Å². The van der Waals surface area contributed by atoms with Gasteiger partial charge in [0.25, 0.3) is 0 Å². The third-order valence-electron chi connectivity index (χ3n) is 2.85. The van der Waals surface area contributed by atoms with Gasteiger partial charge in [0.1, 0.15) is 5.82 Å². The van der Waals surface area contributed by atoms with Crippen LogP contribution >= 0.6 is 11.6 Å². The second kappa shape index (κ2) is 4.55. The number of hydrogen-bond donors (Lipinski definition) is 1. The maximum absolute atomic E-state index is 6.07. The Kier molecular flexibility index (Phi) is 2.87. The van der Waals surface area contributed by atoms with Crippen LogP contribution in [0.4, 0.5) is 0 Å². The Morgan fingerprint density at radius 1 is 1.16 bits per heavy atom. The molecule has 96 valence electrons. The molecule has 0 spiro atoms. The fourth-order valence-electron chi connectivity index (χ4n) is 2.00. The Labute approximate surface area is 115 Å². The molecule has 0 radical (unpaired) electrons. The lowest BCUT2D eigenvalue weighted by atomic mass is 10.1. The van der Waals surface area contributed by atoms with Crippen molar-refractivity contribution in [2.24, 2.45) is 0 Å². The van der Waals surface area contributed by atoms with Gasteiger partial charge in [0.15, 0.2) is 5.65 Å². The van der Waals surface area contributed by atoms with Gasteiger partial charge in [0.2, 0.25) is 5.88 Å². The van der Waals surface area contributed by atoms with Gasteiger partial charge in [-0.25, -0.2) is 4.98 Å². The van der Waals surface area contributed by atoms with Crippen LogP contribution in [0.25, 0.3) is 22.6 Å². The van der Waals surface area contributed by atoms with Gasteiger partial charge in [-0.1, -0.05) is 11.6 Å². The molecule has 0 unspecified atom stereocenters. The van der Waals surface area contributed by atoms with E-state index in [1.54, 1.807) is 13.2 Å². The van der Waals surface area contributed by atoms with Gasteiger partial charge in [-0.15, -0.1) is 0 Å². The molecule has 0 aliphatic heterocycles. The maximum Gasteiger partial charge on any atom is 0.215 e. The highest BCUT2D eigenvalue weighted by Gasteiger charge is 2.08. The molecule has 0 atom stereocenters. The fourth-order valence-corrected chi connectivity index (χ4v) is 2.29. The Bertz CT molecular complexity index is 731. The molecule has 0 aliphatic rings. The SMILES string of the molecule is COc1ccc2[nH]c(-c3cc(C)cc(Cl)c3)nc2n1. The van der Waals surface area contributed by atoms with E-state index in [1.165, 1.54) is 0 Å². The average molecular weight is 274 g/mol. The predicted octanol–water partition coefficient (Wildman–Crippen LogP) is 3.60. The Morgan fingerprint density at radius 2 is 2.00 bits per heavy atom. The van der Waals surface area contributed by atoms with Crippen molar-refractivity contribution < 1.29 is 4.74 Å². The van der Waals surface area contributed by atoms with Crippen LogP contribution < -0.4 is 4.74 Å². The summed E-state index contributed by atoms with van der Waals surface area (Å²) in [6.07, 6.45) is 0. The summed E-state index contributed by atoms with van der Waals surface area (Å²) in [4.78, 5) is 12.0. The molecule has 3 rings (SSSR count). The average Bonchev–Trinajstić information content (AvgIpc) is 2.80. The minimum Gasteiger partial charge on any atom is -0.481 e. The topological polar surface area (TPSA) is 50.8 Å². The van der Waals surface area contributed by atoms with Crippen LogP contribution in [0.1, 0.15) is 5.56 Å². The van der Waals surface area contributed by atoms with Crippen molar-refractivity contribution in [1.29, 1.82) is 0 Å². The van der Waals surface area contributed by atoms with Crippen molar-refractivity contribution in [3.63, 3.8) is 0 Å². The molecule has 4 nitrogen and oxygen atoms in total. The minimum absolute atomic E-state index is 0.549. The Balaban J connectivity index is 2.14. The zero-order valence-corrected chi connectivity index (χ0v) is 11.3. The number of nitrogens with zero attached hydrogens (tertiary/aromatic N) is 2. The number of aromatic nitrogens is 3. The number of H-pyrrole nitrogens is 1. The number of nitrogens with one attached hydrogen (secondary N) is 1. The van der Waals surface area contributed by atoms with Gasteiger partial charge < -0.3 is 9.72 Å². The molecule has 3 aromatic rings. The molecule has 0 amide bonds. The molecule has 0 bridgehead atoms. The third-order valence-corrected chi connectivity index (χ3v) is 3.06. The second-order valence-corrected chi connectivity index (χ2v) is 4.76. The van der Waals surface area contributed by atoms with E-state index in [9.17, 15) is 0 Å². The molecule has 19 heavy (non-hydrogen) atoms. The first-order valence-corrected chi connectivity index (χ1v) is 6.22. The van der Waals surface area contributed by atoms with Crippen LogP contribution in [-0.2, 0) is 0 Å². The zero-order valence-electron chi connectivity index (χ0n) is 10.6. The molecule has 0 saturated heterocycles. The van der Waals surface area contributed by atoms with Gasteiger partial charge in [0.05, 0.1) is 12.6 Å². The summed E-state index contributed by atoms with van der Waals surface area (Å²) < 4.78 is 5.09. The molecule has 5 heteroatoms. The summed E-state index contributed by atoms with van der Waals surface area (Å²) in [6, 6.07) is 9.52. The zero-order chi connectivity index (χ0) is 13.4. The molecule has 0 aliphatic carbocycles. The number of halogens is 1. The van der Waals surface area contributed by atoms with Crippen LogP contribution in [-0.4, -0.2) is 22.1 Å². The summed E-state index contributed by atoms with van der Waals surface area (Å²) in [5.41, 5.74) is 3.54. The van der Waals surface area contributed by atoms with Crippen molar-refractivity contribution in [1.82, 2.24) is 15.0 Å². The van der Waals surface area contributed by atoms with E-state index >= 15 is 0 Å². The number of pyridine rings is 1. The van der Waals surface area contributed by atoms with Gasteiger partial charge in [-0.3, -0.25) is 0 Å². The number of fused-ring (bicyclic) bond motifs is 1. The summed E-state index contributed by atoms with van der Waals surface area (Å²) in [5, 5.41) is 0.695. The lowest BCUT2D eigenvalue weighted by Gasteiger charge is -2.00. The van der Waals surface area contributed by atoms with E-state index in [0.717, 1.165) is 22.5 Å². The van der Waals surface area contributed by atoms with E-state index in [4.69, 9.17) is 16.3 Å². The van der Waals surface area contributed by atoms with Gasteiger partial charge >= 0.3 is 0 Å². The number of methoxy groups -OCH3 is 1. The second-order valence-electron chi connectivity index (χ2n) is 4.33. The Hall–Kier alpha value is -2.07. The normalized spacial score (nSPS) is 10.9. The van der Waals surface area contributed by atoms with Gasteiger partial charge in [-0.2, -0.15) is 4.98 Å². The highest BCUT2D eigenvalue weighted by Crippen LogP contribution is 2.25. The van der Waals surface area contributed by atoms with Crippen molar-refractivity contribution in [3.05, 3.63) is 40.9 Å². The van der Waals surface area contributed by atoms with E-state index < -0.39 is 0 Å². The van der Waals surface area contributed by atoms with Crippen molar-refractivity contribution in [2.75, 3.05) is 7.11 Å². The van der Waals surface area contributed by atoms with Crippen LogP contribution in [0.15, 0.2) is 30.3 Å². The molecule has 1 N–H and O–H groups in total. The first-order chi connectivity index (χ1) is 9.15. The first-order valence-electron chi connectivity index (χ1n) is 5.84. The predicted molar refractivity (Wildman–Crippen MR) is 75.6 cm³/mol. The highest BCUT2D eigenvalue weighted by molar-refractivity contribution is 6.30. The molecular formula is C14H12ClN3O. The van der Waals surface area contributed by atoms with Crippen LogP contribution in [0.3, 0.4) is 0 Å². The third kappa shape index (κ3) is 2.27. The molecular weight excluding hydrogens is 262 g/mol. The largest absolute Gasteiger partial charge is 0.481 e. The minimum atomic E-state index is 0.549. The van der Waals surface area contributed by atoms with E-state index in [1.807, 2.05) is 31.2 Å². The quantitative estimate of drug-likeness (QED) is 0.776. The molecule has 2 aromatic heterocycles. The number of ether oxygens (including phenoxy) is 1. The number of rotatable bonds is 2. The molecule has 0 saturated carbocycles. The van der Waals surface area contributed by atoms with Crippen LogP contribution in [0.5, 0.6) is 5.88 Å². The van der Waals surface area contributed by atoms with E-state index in [0.29, 0.717) is 16.5 Å². The van der Waals surface area contributed by atoms with E-state index in [-0.39, 0.29) is 0 Å². The summed E-state index contributed by atoms with van der Waals surface area (Å²) in [6.45, 7) is 2.00. The van der Waals surface area contributed by atoms with Crippen molar-refractivity contribution in [3.8, 4) is 17.3 Å². The Morgan fingerprint density at radius 3 is 2.74 bits per heavy atom. The lowest BCUT2D eigenvalue weighted by Crippen LogP contribution is -1.86. The van der Waals surface area contributed by atoms with Gasteiger partial charge in [0, 0.05) is 16.7 Å². The number of aromatic amines is 1. The van der Waals surface area contributed by atoms with Crippen molar-refractivity contribution >= 4 is 22.8 Å². The number of aryl methyl sites for hydroxylation is 1. The van der Waals surface area contributed by atoms with Crippen LogP contribution in [0.2, 0.25) is 5.02 Å². The number of imidazole rings is 1. The number of benzene rings is 1. The molecule has 0 fully saturated rings. The summed E-state index contributed by atoms with van der Waals surface area (Å²) >= 11 is 6.07. The number of hydrogen-bond acceptors (Lipinski definition) is 3. The fraction of sp³-hybridized carbons (Fsp3) is 0.143. The smallest absolute Gasteiger partial charge is 0.215 e. The molecule has 1 aromatic carbocycles. The van der Waals surface area contributed by atoms with Gasteiger partial charge in [-0.05, 0) is 36.8 Å². The lowest BCUT2D eigenvalue weighted by molar-refractivity contribution is 0.399. The van der Waals surface area contributed by atoms with Crippen LogP contribution in [0, 0.1) is 6.92 Å². The monoisotopic (exact) mass is 273 g/mol. The van der Waals surface area contributed by atoms with Crippen molar-refractivity contribution in [2.45, 2.75) is 6.92 Å². The standard InChI is InChI=1S/C14H12ClN3O/c1-8-5-9(7-10(15)6-8)13-16-11-3-4-12(19-2)17-14(11)18-13/h3-7H,1-2H3,(H,16,17,18). The first kappa shape index (κ1) is 12.0. The summed E-state index contributed by atoms with van der Waals surface area (Å²) in [5.74, 6) is 1.30. The summed E-state index contributed by atoms with van der Waals surface area (Å²) in [7, 11) is 1.59. The highest BCUT2D eigenvalue weighted by atomic mass is 35.5.